The summed E-state index contributed by atoms with van der Waals surface area (Å²) in [5.74, 6) is -1.32. The molecule has 0 spiro atoms. The van der Waals surface area contributed by atoms with E-state index < -0.39 is 28.8 Å². The van der Waals surface area contributed by atoms with E-state index in [0.29, 0.717) is 23.2 Å². The van der Waals surface area contributed by atoms with Gasteiger partial charge in [-0.05, 0) is 18.2 Å². The van der Waals surface area contributed by atoms with E-state index in [0.717, 1.165) is 0 Å². The Hall–Kier alpha value is -2.46. The first-order chi connectivity index (χ1) is 13.7. The van der Waals surface area contributed by atoms with Crippen LogP contribution in [0.4, 0.5) is 11.4 Å². The molecular formula is C19H19BrN2O7. The lowest BCUT2D eigenvalue weighted by atomic mass is 9.77. The third-order valence-electron chi connectivity index (χ3n) is 5.64. The van der Waals surface area contributed by atoms with Gasteiger partial charge >= 0.3 is 11.9 Å². The van der Waals surface area contributed by atoms with Gasteiger partial charge in [-0.25, -0.2) is 0 Å². The lowest BCUT2D eigenvalue weighted by Crippen LogP contribution is -2.51. The predicted octanol–water partition coefficient (Wildman–Crippen LogP) is 2.57. The SMILES string of the molecule is CC(=O)OC(OC(C)=O)C12C=CC(O1)C1CN(c3ccc(Br)cc3[N+](=O)[O-])CC12. The first-order valence-corrected chi connectivity index (χ1v) is 9.91. The molecule has 2 saturated heterocycles. The summed E-state index contributed by atoms with van der Waals surface area (Å²) in [5, 5.41) is 11.5. The van der Waals surface area contributed by atoms with Gasteiger partial charge in [0.05, 0.1) is 11.0 Å². The van der Waals surface area contributed by atoms with Crippen molar-refractivity contribution in [1.29, 1.82) is 0 Å². The van der Waals surface area contributed by atoms with Crippen molar-refractivity contribution in [2.75, 3.05) is 18.0 Å². The van der Waals surface area contributed by atoms with Gasteiger partial charge in [-0.1, -0.05) is 22.0 Å². The monoisotopic (exact) mass is 466 g/mol. The Balaban J connectivity index is 1.66. The number of halogens is 1. The zero-order chi connectivity index (χ0) is 20.9. The second kappa shape index (κ2) is 7.10. The molecule has 0 radical (unpaired) electrons. The Morgan fingerprint density at radius 1 is 1.31 bits per heavy atom. The molecule has 3 aliphatic rings. The fourth-order valence-corrected chi connectivity index (χ4v) is 4.91. The number of rotatable bonds is 5. The number of fused-ring (bicyclic) bond motifs is 5. The van der Waals surface area contributed by atoms with Gasteiger partial charge in [0, 0.05) is 49.3 Å². The van der Waals surface area contributed by atoms with Crippen molar-refractivity contribution in [2.45, 2.75) is 31.8 Å². The maximum Gasteiger partial charge on any atom is 0.305 e. The Kier molecular flexibility index (Phi) is 4.86. The van der Waals surface area contributed by atoms with Gasteiger partial charge in [-0.15, -0.1) is 0 Å². The van der Waals surface area contributed by atoms with Crippen molar-refractivity contribution in [3.8, 4) is 0 Å². The molecule has 3 heterocycles. The average molecular weight is 467 g/mol. The number of hydrogen-bond acceptors (Lipinski definition) is 8. The van der Waals surface area contributed by atoms with Crippen molar-refractivity contribution >= 4 is 39.2 Å². The average Bonchev–Trinajstić information content (AvgIpc) is 3.32. The molecule has 0 aromatic heterocycles. The quantitative estimate of drug-likeness (QED) is 0.214. The number of carbonyl (C=O) groups is 2. The maximum absolute atomic E-state index is 11.6. The van der Waals surface area contributed by atoms with Crippen LogP contribution in [0.3, 0.4) is 0 Å². The molecule has 1 aromatic rings. The van der Waals surface area contributed by atoms with Gasteiger partial charge in [-0.3, -0.25) is 19.7 Å². The summed E-state index contributed by atoms with van der Waals surface area (Å²) in [5.41, 5.74) is -0.587. The van der Waals surface area contributed by atoms with Gasteiger partial charge in [0.2, 0.25) is 0 Å². The Bertz CT molecular complexity index is 904. The summed E-state index contributed by atoms with van der Waals surface area (Å²) >= 11 is 3.27. The van der Waals surface area contributed by atoms with Crippen LogP contribution in [0.25, 0.3) is 0 Å². The minimum atomic E-state index is -1.21. The summed E-state index contributed by atoms with van der Waals surface area (Å²) in [4.78, 5) is 36.3. The number of benzene rings is 1. The second-order valence-corrected chi connectivity index (χ2v) is 8.33. The van der Waals surface area contributed by atoms with Crippen LogP contribution < -0.4 is 4.90 Å². The molecule has 9 nitrogen and oxygen atoms in total. The van der Waals surface area contributed by atoms with E-state index in [9.17, 15) is 19.7 Å². The smallest absolute Gasteiger partial charge is 0.305 e. The summed E-state index contributed by atoms with van der Waals surface area (Å²) < 4.78 is 17.4. The zero-order valence-electron chi connectivity index (χ0n) is 15.7. The van der Waals surface area contributed by atoms with E-state index in [4.69, 9.17) is 14.2 Å². The molecule has 4 rings (SSSR count). The van der Waals surface area contributed by atoms with Crippen LogP contribution in [0, 0.1) is 22.0 Å². The van der Waals surface area contributed by atoms with E-state index >= 15 is 0 Å². The van der Waals surface area contributed by atoms with E-state index in [-0.39, 0.29) is 23.6 Å². The van der Waals surface area contributed by atoms with Crippen molar-refractivity contribution < 1.29 is 28.7 Å². The molecule has 0 N–H and O–H groups in total. The lowest BCUT2D eigenvalue weighted by Gasteiger charge is -2.35. The number of carbonyl (C=O) groups excluding carboxylic acids is 2. The van der Waals surface area contributed by atoms with Crippen molar-refractivity contribution in [1.82, 2.24) is 0 Å². The van der Waals surface area contributed by atoms with Gasteiger partial charge in [0.15, 0.2) is 5.60 Å². The number of nitrogens with zero attached hydrogens (tertiary/aromatic N) is 2. The maximum atomic E-state index is 11.6. The minimum Gasteiger partial charge on any atom is -0.422 e. The first-order valence-electron chi connectivity index (χ1n) is 9.12. The fourth-order valence-electron chi connectivity index (χ4n) is 4.57. The molecular weight excluding hydrogens is 448 g/mol. The molecule has 4 unspecified atom stereocenters. The molecule has 2 fully saturated rings. The molecule has 10 heteroatoms. The lowest BCUT2D eigenvalue weighted by molar-refractivity contribution is -0.384. The Morgan fingerprint density at radius 2 is 2.00 bits per heavy atom. The number of esters is 2. The Morgan fingerprint density at radius 3 is 2.62 bits per heavy atom. The highest BCUT2D eigenvalue weighted by atomic mass is 79.9. The highest BCUT2D eigenvalue weighted by Gasteiger charge is 2.65. The van der Waals surface area contributed by atoms with Crippen LogP contribution in [-0.4, -0.2) is 47.9 Å². The third-order valence-corrected chi connectivity index (χ3v) is 6.14. The number of anilines is 1. The van der Waals surface area contributed by atoms with Gasteiger partial charge in [0.25, 0.3) is 12.0 Å². The summed E-state index contributed by atoms with van der Waals surface area (Å²) in [6.45, 7) is 3.45. The predicted molar refractivity (Wildman–Crippen MR) is 104 cm³/mol. The fraction of sp³-hybridized carbons (Fsp3) is 0.474. The van der Waals surface area contributed by atoms with Gasteiger partial charge in [-0.2, -0.15) is 0 Å². The number of nitro groups is 1. The highest BCUT2D eigenvalue weighted by molar-refractivity contribution is 9.10. The molecule has 154 valence electrons. The van der Waals surface area contributed by atoms with Crippen LogP contribution in [0.15, 0.2) is 34.8 Å². The van der Waals surface area contributed by atoms with E-state index in [2.05, 4.69) is 15.9 Å². The molecule has 0 saturated carbocycles. The number of nitro benzene ring substituents is 1. The summed E-state index contributed by atoms with van der Waals surface area (Å²) in [7, 11) is 0. The van der Waals surface area contributed by atoms with Crippen LogP contribution in [0.5, 0.6) is 0 Å². The zero-order valence-corrected chi connectivity index (χ0v) is 17.3. The van der Waals surface area contributed by atoms with Crippen LogP contribution >= 0.6 is 15.9 Å². The van der Waals surface area contributed by atoms with Gasteiger partial charge in [0.1, 0.15) is 5.69 Å². The normalized spacial score (nSPS) is 29.2. The third kappa shape index (κ3) is 3.29. The second-order valence-electron chi connectivity index (χ2n) is 7.41. The van der Waals surface area contributed by atoms with Crippen LogP contribution in [0.1, 0.15) is 13.8 Å². The van der Waals surface area contributed by atoms with Crippen LogP contribution in [0.2, 0.25) is 0 Å². The molecule has 3 aliphatic heterocycles. The van der Waals surface area contributed by atoms with Crippen molar-refractivity contribution in [2.24, 2.45) is 11.8 Å². The van der Waals surface area contributed by atoms with Crippen LogP contribution in [-0.2, 0) is 23.8 Å². The standard InChI is InChI=1S/C19H19BrN2O7/c1-10(23)27-18(28-11(2)24)19-6-5-17(29-19)13-8-21(9-14(13)19)15-4-3-12(20)7-16(15)22(25)26/h3-7,13-14,17-18H,8-9H2,1-2H3. The largest absolute Gasteiger partial charge is 0.422 e. The molecule has 29 heavy (non-hydrogen) atoms. The molecule has 0 amide bonds. The Labute approximate surface area is 174 Å². The topological polar surface area (TPSA) is 108 Å². The first kappa shape index (κ1) is 19.8. The molecule has 4 atom stereocenters. The number of hydrogen-bond donors (Lipinski definition) is 0. The van der Waals surface area contributed by atoms with Crippen molar-refractivity contribution in [3.63, 3.8) is 0 Å². The van der Waals surface area contributed by atoms with Crippen molar-refractivity contribution in [3.05, 3.63) is 44.9 Å². The van der Waals surface area contributed by atoms with Gasteiger partial charge < -0.3 is 19.1 Å². The van der Waals surface area contributed by atoms with E-state index in [1.807, 2.05) is 11.0 Å². The molecule has 0 aliphatic carbocycles. The molecule has 2 bridgehead atoms. The molecule has 1 aromatic carbocycles. The van der Waals surface area contributed by atoms with E-state index in [1.54, 1.807) is 18.2 Å². The summed E-state index contributed by atoms with van der Waals surface area (Å²) in [6, 6.07) is 4.95. The summed E-state index contributed by atoms with van der Waals surface area (Å²) in [6.07, 6.45) is 2.21. The minimum absolute atomic E-state index is 0.00569. The highest BCUT2D eigenvalue weighted by Crippen LogP contribution is 2.54. The van der Waals surface area contributed by atoms with E-state index in [1.165, 1.54) is 19.9 Å². The number of ether oxygens (including phenoxy) is 3.